The van der Waals surface area contributed by atoms with Crippen LogP contribution in [-0.2, 0) is 0 Å². The Labute approximate surface area is 140 Å². The lowest BCUT2D eigenvalue weighted by Crippen LogP contribution is -2.31. The number of amides is 1. The molecule has 2 aromatic rings. The molecule has 0 radical (unpaired) electrons. The molecule has 4 nitrogen and oxygen atoms in total. The number of carbonyl (C=O) groups is 1. The molecule has 5 heteroatoms. The van der Waals surface area contributed by atoms with Gasteiger partial charge in [0.2, 0.25) is 0 Å². The molecule has 1 aliphatic heterocycles. The normalized spacial score (nSPS) is 16.5. The van der Waals surface area contributed by atoms with Crippen molar-refractivity contribution in [1.29, 1.82) is 0 Å². The maximum Gasteiger partial charge on any atom is 0.409 e. The van der Waals surface area contributed by atoms with Gasteiger partial charge in [-0.15, -0.1) is 0 Å². The van der Waals surface area contributed by atoms with Crippen LogP contribution in [0.1, 0.15) is 29.9 Å². The Morgan fingerprint density at radius 1 is 1.12 bits per heavy atom. The Morgan fingerprint density at radius 2 is 1.83 bits per heavy atom. The summed E-state index contributed by atoms with van der Waals surface area (Å²) in [6.45, 7) is 1.93. The number of carboxylic acid groups (broad SMARTS) is 1. The summed E-state index contributed by atoms with van der Waals surface area (Å²) in [7, 11) is 0. The Morgan fingerprint density at radius 3 is 2.46 bits per heavy atom. The van der Waals surface area contributed by atoms with Gasteiger partial charge in [0.1, 0.15) is 5.82 Å². The van der Waals surface area contributed by atoms with Crippen molar-refractivity contribution in [2.45, 2.75) is 18.8 Å². The molecule has 1 saturated heterocycles. The first-order valence-corrected chi connectivity index (χ1v) is 8.19. The molecule has 0 bridgehead atoms. The molecule has 1 fully saturated rings. The van der Waals surface area contributed by atoms with Gasteiger partial charge in [0, 0.05) is 11.6 Å². The van der Waals surface area contributed by atoms with Crippen molar-refractivity contribution in [3.05, 3.63) is 65.5 Å². The minimum Gasteiger partial charge on any atom is -0.465 e. The van der Waals surface area contributed by atoms with Gasteiger partial charge < -0.3 is 10.4 Å². The minimum absolute atomic E-state index is 0.113. The zero-order valence-corrected chi connectivity index (χ0v) is 13.3. The van der Waals surface area contributed by atoms with Crippen molar-refractivity contribution in [3.63, 3.8) is 0 Å². The molecule has 1 aliphatic rings. The number of nitrogens with one attached hydrogen (secondary N) is 2. The molecule has 0 aliphatic carbocycles. The molecule has 2 aromatic carbocycles. The van der Waals surface area contributed by atoms with E-state index in [1.807, 2.05) is 18.2 Å². The summed E-state index contributed by atoms with van der Waals surface area (Å²) in [6, 6.07) is 14.2. The largest absolute Gasteiger partial charge is 0.465 e. The third-order valence-corrected chi connectivity index (χ3v) is 4.58. The van der Waals surface area contributed by atoms with Gasteiger partial charge in [0.25, 0.3) is 0 Å². The van der Waals surface area contributed by atoms with Crippen LogP contribution < -0.4 is 10.6 Å². The number of hydrogen-bond donors (Lipinski definition) is 3. The molecule has 0 aromatic heterocycles. The first kappa shape index (κ1) is 16.5. The molecule has 1 unspecified atom stereocenters. The fraction of sp³-hybridized carbons (Fsp3) is 0.316. The van der Waals surface area contributed by atoms with Gasteiger partial charge in [-0.3, -0.25) is 5.32 Å². The van der Waals surface area contributed by atoms with Crippen molar-refractivity contribution in [2.24, 2.45) is 5.92 Å². The fourth-order valence-corrected chi connectivity index (χ4v) is 3.51. The maximum atomic E-state index is 13.7. The van der Waals surface area contributed by atoms with E-state index in [4.69, 9.17) is 5.11 Å². The van der Waals surface area contributed by atoms with E-state index in [1.165, 1.54) is 6.07 Å². The third kappa shape index (κ3) is 3.92. The first-order chi connectivity index (χ1) is 11.6. The van der Waals surface area contributed by atoms with Gasteiger partial charge in [-0.25, -0.2) is 9.18 Å². The molecule has 24 heavy (non-hydrogen) atoms. The summed E-state index contributed by atoms with van der Waals surface area (Å²) in [6.07, 6.45) is 0.995. The van der Waals surface area contributed by atoms with Crippen molar-refractivity contribution in [3.8, 4) is 0 Å². The van der Waals surface area contributed by atoms with E-state index >= 15 is 0 Å². The lowest BCUT2D eigenvalue weighted by atomic mass is 9.76. The topological polar surface area (TPSA) is 61.4 Å². The summed E-state index contributed by atoms with van der Waals surface area (Å²) in [4.78, 5) is 10.7. The second kappa shape index (κ2) is 7.45. The van der Waals surface area contributed by atoms with Gasteiger partial charge in [-0.2, -0.15) is 0 Å². The predicted molar refractivity (Wildman–Crippen MR) is 91.9 cm³/mol. The van der Waals surface area contributed by atoms with Crippen LogP contribution >= 0.6 is 0 Å². The van der Waals surface area contributed by atoms with E-state index in [-0.39, 0.29) is 11.7 Å². The quantitative estimate of drug-likeness (QED) is 0.793. The average molecular weight is 328 g/mol. The second-order valence-electron chi connectivity index (χ2n) is 6.17. The lowest BCUT2D eigenvalue weighted by molar-refractivity contribution is 0.209. The van der Waals surface area contributed by atoms with E-state index in [2.05, 4.69) is 10.6 Å². The average Bonchev–Trinajstić information content (AvgIpc) is 2.57. The molecule has 3 rings (SSSR count). The summed E-state index contributed by atoms with van der Waals surface area (Å²) >= 11 is 0. The number of halogens is 1. The lowest BCUT2D eigenvalue weighted by Gasteiger charge is -2.31. The Hall–Kier alpha value is -2.40. The summed E-state index contributed by atoms with van der Waals surface area (Å²) in [5, 5.41) is 14.5. The molecule has 126 valence electrons. The Balaban J connectivity index is 1.93. The smallest absolute Gasteiger partial charge is 0.409 e. The Kier molecular flexibility index (Phi) is 5.11. The van der Waals surface area contributed by atoms with E-state index in [1.54, 1.807) is 24.3 Å². The molecule has 1 atom stereocenters. The van der Waals surface area contributed by atoms with Crippen molar-refractivity contribution in [2.75, 3.05) is 18.4 Å². The van der Waals surface area contributed by atoms with Gasteiger partial charge >= 0.3 is 6.09 Å². The third-order valence-electron chi connectivity index (χ3n) is 4.58. The van der Waals surface area contributed by atoms with Crippen molar-refractivity contribution in [1.82, 2.24) is 5.32 Å². The fourth-order valence-electron chi connectivity index (χ4n) is 3.51. The highest BCUT2D eigenvalue weighted by atomic mass is 19.1. The first-order valence-electron chi connectivity index (χ1n) is 8.19. The standard InChI is InChI=1S/C19H21FN2O2/c20-16-3-1-2-15(12-16)18(14-8-10-21-11-9-14)13-4-6-17(7-5-13)22-19(23)24/h1-7,12,14,18,21-22H,8-11H2,(H,23,24). The molecular formula is C19H21FN2O2. The second-order valence-corrected chi connectivity index (χ2v) is 6.17. The number of benzene rings is 2. The number of piperidine rings is 1. The maximum absolute atomic E-state index is 13.7. The van der Waals surface area contributed by atoms with Crippen LogP contribution in [-0.4, -0.2) is 24.3 Å². The van der Waals surface area contributed by atoms with Gasteiger partial charge in [-0.1, -0.05) is 24.3 Å². The monoisotopic (exact) mass is 328 g/mol. The van der Waals surface area contributed by atoms with E-state index in [0.29, 0.717) is 11.6 Å². The summed E-state index contributed by atoms with van der Waals surface area (Å²) < 4.78 is 13.7. The van der Waals surface area contributed by atoms with Crippen LogP contribution in [0, 0.1) is 11.7 Å². The van der Waals surface area contributed by atoms with Gasteiger partial charge in [0.05, 0.1) is 0 Å². The van der Waals surface area contributed by atoms with Crippen LogP contribution in [0.25, 0.3) is 0 Å². The summed E-state index contributed by atoms with van der Waals surface area (Å²) in [5.74, 6) is 0.323. The molecule has 3 N–H and O–H groups in total. The zero-order valence-electron chi connectivity index (χ0n) is 13.3. The molecule has 1 amide bonds. The van der Waals surface area contributed by atoms with Crippen LogP contribution in [0.4, 0.5) is 14.9 Å². The highest BCUT2D eigenvalue weighted by Crippen LogP contribution is 2.37. The highest BCUT2D eigenvalue weighted by Gasteiger charge is 2.26. The molecule has 0 spiro atoms. The highest BCUT2D eigenvalue weighted by molar-refractivity contribution is 5.82. The van der Waals surface area contributed by atoms with Crippen LogP contribution in [0.5, 0.6) is 0 Å². The predicted octanol–water partition coefficient (Wildman–Crippen LogP) is 4.05. The van der Waals surface area contributed by atoms with E-state index in [9.17, 15) is 9.18 Å². The van der Waals surface area contributed by atoms with Crippen LogP contribution in [0.2, 0.25) is 0 Å². The summed E-state index contributed by atoms with van der Waals surface area (Å²) in [5.41, 5.74) is 2.60. The van der Waals surface area contributed by atoms with Gasteiger partial charge in [0.15, 0.2) is 0 Å². The number of rotatable bonds is 4. The number of hydrogen-bond acceptors (Lipinski definition) is 2. The minimum atomic E-state index is -1.08. The molecular weight excluding hydrogens is 307 g/mol. The number of anilines is 1. The van der Waals surface area contributed by atoms with Gasteiger partial charge in [-0.05, 0) is 67.2 Å². The van der Waals surface area contributed by atoms with Crippen LogP contribution in [0.3, 0.4) is 0 Å². The van der Waals surface area contributed by atoms with Crippen LogP contribution in [0.15, 0.2) is 48.5 Å². The Bertz CT molecular complexity index is 697. The van der Waals surface area contributed by atoms with Crippen molar-refractivity contribution >= 4 is 11.8 Å². The molecule has 1 heterocycles. The SMILES string of the molecule is O=C(O)Nc1ccc(C(c2cccc(F)c2)C2CCNCC2)cc1. The zero-order chi connectivity index (χ0) is 16.9. The van der Waals surface area contributed by atoms with Crippen molar-refractivity contribution < 1.29 is 14.3 Å². The van der Waals surface area contributed by atoms with E-state index < -0.39 is 6.09 Å². The molecule has 0 saturated carbocycles. The van der Waals surface area contributed by atoms with E-state index in [0.717, 1.165) is 37.1 Å².